The summed E-state index contributed by atoms with van der Waals surface area (Å²) in [7, 11) is 1.55. The summed E-state index contributed by atoms with van der Waals surface area (Å²) in [4.78, 5) is 29.2. The molecule has 5 rings (SSSR count). The fourth-order valence-corrected chi connectivity index (χ4v) is 3.97. The van der Waals surface area contributed by atoms with Gasteiger partial charge in [0.1, 0.15) is 11.5 Å². The van der Waals surface area contributed by atoms with Crippen molar-refractivity contribution < 1.29 is 18.7 Å². The summed E-state index contributed by atoms with van der Waals surface area (Å²) in [5, 5.41) is 6.27. The number of ether oxygens (including phenoxy) is 1. The number of amides is 2. The molecule has 4 aromatic rings. The molecule has 0 fully saturated rings. The molecule has 0 atom stereocenters. The highest BCUT2D eigenvalue weighted by Crippen LogP contribution is 2.35. The molecule has 7 nitrogen and oxygen atoms in total. The van der Waals surface area contributed by atoms with E-state index in [1.165, 1.54) is 0 Å². The van der Waals surface area contributed by atoms with Gasteiger partial charge in [-0.1, -0.05) is 23.7 Å². The molecule has 1 aliphatic heterocycles. The summed E-state index contributed by atoms with van der Waals surface area (Å²) >= 11 is 6.10. The molecular formula is C27H20ClN3O4. The van der Waals surface area contributed by atoms with E-state index in [9.17, 15) is 9.59 Å². The highest BCUT2D eigenvalue weighted by Gasteiger charge is 2.24. The fourth-order valence-electron chi connectivity index (χ4n) is 3.80. The molecule has 1 aliphatic rings. The predicted octanol–water partition coefficient (Wildman–Crippen LogP) is 5.43. The number of carbonyl (C=O) groups is 2. The van der Waals surface area contributed by atoms with Crippen molar-refractivity contribution in [2.45, 2.75) is 6.54 Å². The molecule has 0 saturated heterocycles. The molecule has 0 radical (unpaired) electrons. The number of fused-ring (bicyclic) bond motifs is 1. The number of aromatic nitrogens is 1. The Hall–Kier alpha value is -4.36. The smallest absolute Gasteiger partial charge is 0.256 e. The Bertz CT molecular complexity index is 1470. The van der Waals surface area contributed by atoms with E-state index in [4.69, 9.17) is 20.8 Å². The van der Waals surface area contributed by atoms with Crippen molar-refractivity contribution in [3.63, 3.8) is 0 Å². The van der Waals surface area contributed by atoms with Gasteiger partial charge in [-0.15, -0.1) is 0 Å². The average Bonchev–Trinajstić information content (AvgIpc) is 3.47. The summed E-state index contributed by atoms with van der Waals surface area (Å²) < 4.78 is 11.1. The third-order valence-corrected chi connectivity index (χ3v) is 5.78. The number of anilines is 1. The number of nitrogens with one attached hydrogen (secondary N) is 2. The second kappa shape index (κ2) is 9.48. The Morgan fingerprint density at radius 2 is 2.03 bits per heavy atom. The zero-order chi connectivity index (χ0) is 24.4. The zero-order valence-electron chi connectivity index (χ0n) is 18.7. The van der Waals surface area contributed by atoms with Crippen LogP contribution in [0, 0.1) is 0 Å². The first kappa shape index (κ1) is 22.4. The number of methoxy groups -OCH3 is 1. The largest absolute Gasteiger partial charge is 0.481 e. The van der Waals surface area contributed by atoms with Crippen LogP contribution in [0.15, 0.2) is 77.3 Å². The third-order valence-electron chi connectivity index (χ3n) is 5.55. The van der Waals surface area contributed by atoms with Gasteiger partial charge in [0.2, 0.25) is 5.88 Å². The SMILES string of the molecule is COc1cc(CNC(=O)c2cccc(-c3ccc(C=C4C(=O)Nc5ccc(Cl)cc54)o3)c2)ccn1. The van der Waals surface area contributed by atoms with Crippen LogP contribution in [0.1, 0.15) is 27.2 Å². The molecule has 0 unspecified atom stereocenters. The Labute approximate surface area is 206 Å². The Morgan fingerprint density at radius 3 is 2.89 bits per heavy atom. The van der Waals surface area contributed by atoms with E-state index in [0.29, 0.717) is 45.8 Å². The van der Waals surface area contributed by atoms with Crippen molar-refractivity contribution in [2.75, 3.05) is 12.4 Å². The molecule has 8 heteroatoms. The van der Waals surface area contributed by atoms with Gasteiger partial charge >= 0.3 is 0 Å². The van der Waals surface area contributed by atoms with Crippen LogP contribution in [0.4, 0.5) is 5.69 Å². The first-order chi connectivity index (χ1) is 17.0. The fraction of sp³-hybridized carbons (Fsp3) is 0.0741. The first-order valence-electron chi connectivity index (χ1n) is 10.8. The third kappa shape index (κ3) is 4.81. The van der Waals surface area contributed by atoms with E-state index in [2.05, 4.69) is 15.6 Å². The van der Waals surface area contributed by atoms with Crippen LogP contribution in [-0.2, 0) is 11.3 Å². The maximum Gasteiger partial charge on any atom is 0.256 e. The van der Waals surface area contributed by atoms with Gasteiger partial charge in [0.15, 0.2) is 0 Å². The summed E-state index contributed by atoms with van der Waals surface area (Å²) in [5.74, 6) is 1.15. The number of hydrogen-bond donors (Lipinski definition) is 2. The summed E-state index contributed by atoms with van der Waals surface area (Å²) in [5.41, 5.74) is 4.03. The van der Waals surface area contributed by atoms with Gasteiger partial charge < -0.3 is 19.8 Å². The van der Waals surface area contributed by atoms with E-state index < -0.39 is 0 Å². The van der Waals surface area contributed by atoms with Crippen LogP contribution < -0.4 is 15.4 Å². The normalized spacial score (nSPS) is 13.4. The van der Waals surface area contributed by atoms with Crippen LogP contribution in [0.25, 0.3) is 23.0 Å². The number of nitrogens with zero attached hydrogens (tertiary/aromatic N) is 1. The number of furan rings is 1. The molecule has 2 aromatic heterocycles. The van der Waals surface area contributed by atoms with Gasteiger partial charge in [-0.25, -0.2) is 4.98 Å². The minimum Gasteiger partial charge on any atom is -0.481 e. The van der Waals surface area contributed by atoms with Gasteiger partial charge in [0.25, 0.3) is 11.8 Å². The van der Waals surface area contributed by atoms with E-state index in [1.54, 1.807) is 74.0 Å². The standard InChI is InChI=1S/C27H20ClN3O4/c1-34-25-11-16(9-10-29-25)15-30-26(32)18-4-2-3-17(12-18)24-8-6-20(35-24)14-22-21-13-19(28)5-7-23(21)31-27(22)33/h2-14H,15H2,1H3,(H,30,32)(H,31,33). The highest BCUT2D eigenvalue weighted by atomic mass is 35.5. The van der Waals surface area contributed by atoms with Gasteiger partial charge in [-0.05, 0) is 60.2 Å². The molecular weight excluding hydrogens is 466 g/mol. The number of pyridine rings is 1. The summed E-state index contributed by atoms with van der Waals surface area (Å²) in [6.45, 7) is 0.341. The van der Waals surface area contributed by atoms with Gasteiger partial charge in [0, 0.05) is 46.2 Å². The van der Waals surface area contributed by atoms with Crippen molar-refractivity contribution in [1.82, 2.24) is 10.3 Å². The molecule has 35 heavy (non-hydrogen) atoms. The molecule has 0 aliphatic carbocycles. The molecule has 2 N–H and O–H groups in total. The molecule has 0 saturated carbocycles. The van der Waals surface area contributed by atoms with Crippen LogP contribution >= 0.6 is 11.6 Å². The summed E-state index contributed by atoms with van der Waals surface area (Å²) in [6, 6.07) is 19.6. The monoisotopic (exact) mass is 485 g/mol. The van der Waals surface area contributed by atoms with Gasteiger partial charge in [0.05, 0.1) is 12.7 Å². The van der Waals surface area contributed by atoms with E-state index in [1.807, 2.05) is 12.1 Å². The molecule has 0 spiro atoms. The van der Waals surface area contributed by atoms with Crippen LogP contribution in [0.5, 0.6) is 5.88 Å². The van der Waals surface area contributed by atoms with Crippen molar-refractivity contribution in [3.05, 3.63) is 100 Å². The molecule has 2 aromatic carbocycles. The first-order valence-corrected chi connectivity index (χ1v) is 11.2. The van der Waals surface area contributed by atoms with Crippen molar-refractivity contribution in [2.24, 2.45) is 0 Å². The topological polar surface area (TPSA) is 93.5 Å². The number of carbonyl (C=O) groups excluding carboxylic acids is 2. The predicted molar refractivity (Wildman–Crippen MR) is 134 cm³/mol. The maximum atomic E-state index is 12.7. The average molecular weight is 486 g/mol. The van der Waals surface area contributed by atoms with E-state index >= 15 is 0 Å². The zero-order valence-corrected chi connectivity index (χ0v) is 19.4. The van der Waals surface area contributed by atoms with Gasteiger partial charge in [-0.2, -0.15) is 0 Å². The molecule has 2 amide bonds. The Kier molecular flexibility index (Phi) is 6.08. The molecule has 3 heterocycles. The highest BCUT2D eigenvalue weighted by molar-refractivity contribution is 6.36. The maximum absolute atomic E-state index is 12.7. The number of hydrogen-bond acceptors (Lipinski definition) is 5. The number of rotatable bonds is 6. The lowest BCUT2D eigenvalue weighted by Gasteiger charge is -2.07. The minimum atomic E-state index is -0.217. The number of benzene rings is 2. The second-order valence-electron chi connectivity index (χ2n) is 7.87. The second-order valence-corrected chi connectivity index (χ2v) is 8.31. The summed E-state index contributed by atoms with van der Waals surface area (Å²) in [6.07, 6.45) is 3.31. The lowest BCUT2D eigenvalue weighted by atomic mass is 10.1. The molecule has 0 bridgehead atoms. The van der Waals surface area contributed by atoms with E-state index in [0.717, 1.165) is 16.7 Å². The quantitative estimate of drug-likeness (QED) is 0.355. The lowest BCUT2D eigenvalue weighted by Crippen LogP contribution is -2.22. The van der Waals surface area contributed by atoms with Crippen molar-refractivity contribution in [1.29, 1.82) is 0 Å². The van der Waals surface area contributed by atoms with Crippen molar-refractivity contribution in [3.8, 4) is 17.2 Å². The van der Waals surface area contributed by atoms with Crippen molar-refractivity contribution >= 4 is 40.8 Å². The number of halogens is 1. The minimum absolute atomic E-state index is 0.215. The van der Waals surface area contributed by atoms with Crippen LogP contribution in [0.3, 0.4) is 0 Å². The Balaban J connectivity index is 1.33. The van der Waals surface area contributed by atoms with Crippen LogP contribution in [0.2, 0.25) is 5.02 Å². The lowest BCUT2D eigenvalue weighted by molar-refractivity contribution is -0.110. The Morgan fingerprint density at radius 1 is 1.14 bits per heavy atom. The van der Waals surface area contributed by atoms with Gasteiger partial charge in [-0.3, -0.25) is 9.59 Å². The van der Waals surface area contributed by atoms with E-state index in [-0.39, 0.29) is 11.8 Å². The molecule has 174 valence electrons. The van der Waals surface area contributed by atoms with Crippen LogP contribution in [-0.4, -0.2) is 23.9 Å².